The van der Waals surface area contributed by atoms with E-state index in [9.17, 15) is 4.79 Å². The normalized spacial score (nSPS) is 14.4. The monoisotopic (exact) mass is 531 g/mol. The number of likely N-dealkylation sites (N-methyl/N-ethyl adjacent to an activating group) is 1. The lowest BCUT2D eigenvalue weighted by Gasteiger charge is -2.35. The first-order valence-electron chi connectivity index (χ1n) is 13.4. The smallest absolute Gasteiger partial charge is 0.284 e. The molecule has 0 amide bonds. The third kappa shape index (κ3) is 3.95. The molecule has 1 aliphatic heterocycles. The van der Waals surface area contributed by atoms with Crippen LogP contribution in [0, 0.1) is 13.8 Å². The van der Waals surface area contributed by atoms with Gasteiger partial charge < -0.3 is 15.1 Å². The van der Waals surface area contributed by atoms with E-state index in [-0.39, 0.29) is 5.56 Å². The van der Waals surface area contributed by atoms with Crippen molar-refractivity contribution in [2.45, 2.75) is 13.8 Å². The minimum Gasteiger partial charge on any atom is -0.369 e. The number of fused-ring (bicyclic) bond motifs is 4. The lowest BCUT2D eigenvalue weighted by Crippen LogP contribution is -2.44. The van der Waals surface area contributed by atoms with Crippen molar-refractivity contribution in [3.63, 3.8) is 0 Å². The average Bonchev–Trinajstić information content (AvgIpc) is 3.30. The molecule has 0 bridgehead atoms. The summed E-state index contributed by atoms with van der Waals surface area (Å²) in [6, 6.07) is 17.9. The molecule has 5 heterocycles. The van der Waals surface area contributed by atoms with Crippen LogP contribution in [0.2, 0.25) is 0 Å². The van der Waals surface area contributed by atoms with E-state index in [1.54, 1.807) is 16.9 Å². The van der Waals surface area contributed by atoms with Crippen molar-refractivity contribution in [3.05, 3.63) is 88.5 Å². The highest BCUT2D eigenvalue weighted by molar-refractivity contribution is 5.98. The first kappa shape index (κ1) is 24.2. The van der Waals surface area contributed by atoms with Crippen LogP contribution in [0.3, 0.4) is 0 Å². The van der Waals surface area contributed by atoms with Crippen molar-refractivity contribution in [1.82, 2.24) is 34.0 Å². The summed E-state index contributed by atoms with van der Waals surface area (Å²) in [5.41, 5.74) is 5.81. The van der Waals surface area contributed by atoms with Crippen LogP contribution in [-0.2, 0) is 0 Å². The fourth-order valence-electron chi connectivity index (χ4n) is 5.57. The van der Waals surface area contributed by atoms with Crippen molar-refractivity contribution >= 4 is 44.9 Å². The van der Waals surface area contributed by atoms with E-state index in [4.69, 9.17) is 4.98 Å². The van der Waals surface area contributed by atoms with E-state index >= 15 is 0 Å². The number of nitrogens with one attached hydrogen (secondary N) is 1. The minimum atomic E-state index is -0.250. The number of nitrogens with zero attached hydrogens (tertiary/aromatic N) is 8. The summed E-state index contributed by atoms with van der Waals surface area (Å²) in [6.45, 7) is 8.30. The predicted octanol–water partition coefficient (Wildman–Crippen LogP) is 4.09. The van der Waals surface area contributed by atoms with Crippen molar-refractivity contribution < 1.29 is 0 Å². The molecule has 0 atom stereocenters. The van der Waals surface area contributed by atoms with Crippen molar-refractivity contribution in [1.29, 1.82) is 0 Å². The van der Waals surface area contributed by atoms with Gasteiger partial charge in [0.25, 0.3) is 5.56 Å². The Hall–Kier alpha value is -4.83. The van der Waals surface area contributed by atoms with Crippen molar-refractivity contribution in [2.75, 3.05) is 43.4 Å². The van der Waals surface area contributed by atoms with Crippen LogP contribution in [0.5, 0.6) is 0 Å². The first-order valence-corrected chi connectivity index (χ1v) is 13.4. The Morgan fingerprint density at radius 3 is 2.50 bits per heavy atom. The Kier molecular flexibility index (Phi) is 5.71. The van der Waals surface area contributed by atoms with Gasteiger partial charge in [-0.15, -0.1) is 0 Å². The Balaban J connectivity index is 1.31. The molecule has 7 rings (SSSR count). The maximum atomic E-state index is 13.9. The van der Waals surface area contributed by atoms with Gasteiger partial charge in [-0.2, -0.15) is 9.50 Å². The minimum absolute atomic E-state index is 0.250. The van der Waals surface area contributed by atoms with E-state index in [0.717, 1.165) is 48.3 Å². The van der Waals surface area contributed by atoms with Gasteiger partial charge >= 0.3 is 0 Å². The molecular formula is C30H29N9O. The van der Waals surface area contributed by atoms with Gasteiger partial charge in [0.2, 0.25) is 5.95 Å². The number of aromatic nitrogens is 6. The highest BCUT2D eigenvalue weighted by atomic mass is 16.1. The average molecular weight is 532 g/mol. The van der Waals surface area contributed by atoms with Crippen LogP contribution in [0.15, 0.2) is 71.8 Å². The Morgan fingerprint density at radius 1 is 0.875 bits per heavy atom. The first-order chi connectivity index (χ1) is 19.5. The van der Waals surface area contributed by atoms with Gasteiger partial charge in [0, 0.05) is 55.3 Å². The molecule has 10 nitrogen and oxygen atoms in total. The molecule has 1 fully saturated rings. The summed E-state index contributed by atoms with van der Waals surface area (Å²) in [5.74, 6) is 1.02. The summed E-state index contributed by atoms with van der Waals surface area (Å²) in [7, 11) is 2.16. The molecule has 0 unspecified atom stereocenters. The van der Waals surface area contributed by atoms with Gasteiger partial charge in [-0.25, -0.2) is 19.6 Å². The van der Waals surface area contributed by atoms with E-state index in [1.807, 2.05) is 54.1 Å². The third-order valence-electron chi connectivity index (χ3n) is 7.67. The van der Waals surface area contributed by atoms with E-state index in [1.165, 1.54) is 11.3 Å². The number of hydrogen-bond donors (Lipinski definition) is 1. The maximum absolute atomic E-state index is 13.9. The quantitative estimate of drug-likeness (QED) is 0.364. The molecule has 10 heteroatoms. The molecule has 1 aliphatic rings. The number of pyridine rings is 1. The van der Waals surface area contributed by atoms with Crippen LogP contribution in [0.25, 0.3) is 33.4 Å². The summed E-state index contributed by atoms with van der Waals surface area (Å²) in [4.78, 5) is 37.2. The molecule has 1 saturated heterocycles. The molecule has 0 radical (unpaired) electrons. The van der Waals surface area contributed by atoms with Gasteiger partial charge in [0.15, 0.2) is 17.1 Å². The zero-order valence-electron chi connectivity index (χ0n) is 22.7. The number of anilines is 3. The van der Waals surface area contributed by atoms with Crippen molar-refractivity contribution in [3.8, 4) is 5.82 Å². The third-order valence-corrected chi connectivity index (χ3v) is 7.67. The molecule has 4 aromatic heterocycles. The second-order valence-corrected chi connectivity index (χ2v) is 10.4. The molecule has 0 aliphatic carbocycles. The summed E-state index contributed by atoms with van der Waals surface area (Å²) in [5, 5.41) is 4.53. The highest BCUT2D eigenvalue weighted by Crippen LogP contribution is 2.28. The summed E-state index contributed by atoms with van der Waals surface area (Å²) in [6.07, 6.45) is 3.26. The second kappa shape index (κ2) is 9.42. The Bertz CT molecular complexity index is 1950. The Morgan fingerprint density at radius 2 is 1.73 bits per heavy atom. The SMILES string of the molecule is Cc1cc(Nc2ncc3c(=O)n4c(nc3n2)c2c(C)cccc2n4-c2ccccn2)ccc1N1CCN(C)CC1. The number of benzene rings is 2. The van der Waals surface area contributed by atoms with Gasteiger partial charge in [-0.05, 0) is 68.4 Å². The van der Waals surface area contributed by atoms with Gasteiger partial charge in [0.05, 0.1) is 5.52 Å². The van der Waals surface area contributed by atoms with Gasteiger partial charge in [-0.1, -0.05) is 18.2 Å². The maximum Gasteiger partial charge on any atom is 0.284 e. The van der Waals surface area contributed by atoms with Crippen LogP contribution in [-0.4, -0.2) is 67.3 Å². The molecule has 6 aromatic rings. The lowest BCUT2D eigenvalue weighted by atomic mass is 10.1. The van der Waals surface area contributed by atoms with Gasteiger partial charge in [-0.3, -0.25) is 4.79 Å². The van der Waals surface area contributed by atoms with E-state index < -0.39 is 0 Å². The molecule has 2 aromatic carbocycles. The van der Waals surface area contributed by atoms with E-state index in [0.29, 0.717) is 28.4 Å². The standard InChI is InChI=1S/C30H29N9O/c1-19-7-6-8-24-26(19)28-34-27-22(29(40)39(28)38(24)25-9-4-5-12-31-25)18-32-30(35-27)33-21-10-11-23(20(2)17-21)37-15-13-36(3)14-16-37/h4-12,17-18H,13-16H2,1-3H3,(H,32,33,35). The number of hydrogen-bond acceptors (Lipinski definition) is 8. The predicted molar refractivity (Wildman–Crippen MR) is 158 cm³/mol. The van der Waals surface area contributed by atoms with Crippen molar-refractivity contribution in [2.24, 2.45) is 0 Å². The van der Waals surface area contributed by atoms with Crippen LogP contribution >= 0.6 is 0 Å². The largest absolute Gasteiger partial charge is 0.369 e. The topological polar surface area (TPSA) is 96.5 Å². The summed E-state index contributed by atoms with van der Waals surface area (Å²) < 4.78 is 3.38. The molecular weight excluding hydrogens is 502 g/mol. The Labute approximate surface area is 230 Å². The number of aryl methyl sites for hydroxylation is 2. The second-order valence-electron chi connectivity index (χ2n) is 10.4. The fraction of sp³-hybridized carbons (Fsp3) is 0.233. The zero-order chi connectivity index (χ0) is 27.4. The molecule has 1 N–H and O–H groups in total. The lowest BCUT2D eigenvalue weighted by molar-refractivity contribution is 0.312. The van der Waals surface area contributed by atoms with Crippen LogP contribution < -0.4 is 15.8 Å². The van der Waals surface area contributed by atoms with Crippen LogP contribution in [0.4, 0.5) is 17.3 Å². The molecule has 40 heavy (non-hydrogen) atoms. The zero-order valence-corrected chi connectivity index (χ0v) is 22.7. The highest BCUT2D eigenvalue weighted by Gasteiger charge is 2.20. The fourth-order valence-corrected chi connectivity index (χ4v) is 5.57. The molecule has 0 spiro atoms. The van der Waals surface area contributed by atoms with Crippen LogP contribution in [0.1, 0.15) is 11.1 Å². The van der Waals surface area contributed by atoms with E-state index in [2.05, 4.69) is 56.2 Å². The molecule has 0 saturated carbocycles. The molecule has 200 valence electrons. The van der Waals surface area contributed by atoms with Gasteiger partial charge in [0.1, 0.15) is 5.39 Å². The number of rotatable bonds is 4. The summed E-state index contributed by atoms with van der Waals surface area (Å²) >= 11 is 0. The number of piperazine rings is 1.